The van der Waals surface area contributed by atoms with E-state index in [0.29, 0.717) is 11.5 Å². The van der Waals surface area contributed by atoms with Crippen molar-refractivity contribution in [2.24, 2.45) is 5.14 Å². The Morgan fingerprint density at radius 2 is 1.35 bits per heavy atom. The van der Waals surface area contributed by atoms with Crippen LogP contribution in [0.5, 0.6) is 11.5 Å². The van der Waals surface area contributed by atoms with Crippen molar-refractivity contribution in [2.45, 2.75) is 22.9 Å². The Balaban J connectivity index is 1.69. The summed E-state index contributed by atoms with van der Waals surface area (Å²) in [6, 6.07) is 19.3. The summed E-state index contributed by atoms with van der Waals surface area (Å²) in [7, 11) is -7.87. The Morgan fingerprint density at radius 3 is 2.03 bits per heavy atom. The van der Waals surface area contributed by atoms with Crippen LogP contribution in [0.2, 0.25) is 0 Å². The lowest BCUT2D eigenvalue weighted by Gasteiger charge is -2.23. The number of hydrogen-bond acceptors (Lipinski definition) is 6. The highest BCUT2D eigenvalue weighted by Crippen LogP contribution is 2.33. The smallest absolute Gasteiger partial charge is 0.243 e. The minimum absolute atomic E-state index is 0.0309. The monoisotopic (exact) mass is 460 g/mol. The van der Waals surface area contributed by atoms with Gasteiger partial charge in [0.05, 0.1) is 9.79 Å². The fourth-order valence-corrected chi connectivity index (χ4v) is 5.14. The maximum atomic E-state index is 13.4. The molecule has 31 heavy (non-hydrogen) atoms. The molecule has 0 radical (unpaired) electrons. The Morgan fingerprint density at radius 1 is 0.742 bits per heavy atom. The van der Waals surface area contributed by atoms with E-state index in [0.717, 1.165) is 11.1 Å². The molecule has 0 spiro atoms. The van der Waals surface area contributed by atoms with Crippen LogP contribution in [-0.2, 0) is 33.1 Å². The predicted octanol–water partition coefficient (Wildman–Crippen LogP) is 2.45. The minimum Gasteiger partial charge on any atom is -0.454 e. The fraction of sp³-hybridized carbons (Fsp3) is 0.143. The van der Waals surface area contributed by atoms with Crippen LogP contribution in [0, 0.1) is 0 Å². The summed E-state index contributed by atoms with van der Waals surface area (Å²) in [6.45, 7) is 0.348. The number of fused-ring (bicyclic) bond motifs is 1. The SMILES string of the molecule is NS(=O)(=O)c1ccc(S(=O)(=O)N(Cc2ccccc2)Cc2ccc3c(c2)OCO3)cc1. The molecule has 0 amide bonds. The fourth-order valence-electron chi connectivity index (χ4n) is 3.21. The number of nitrogens with two attached hydrogens (primary N) is 1. The van der Waals surface area contributed by atoms with Crippen LogP contribution in [0.4, 0.5) is 0 Å². The highest BCUT2D eigenvalue weighted by molar-refractivity contribution is 7.89. The molecule has 0 aromatic heterocycles. The Kier molecular flexibility index (Phi) is 5.71. The molecule has 0 unspecified atom stereocenters. The molecule has 10 heteroatoms. The summed E-state index contributed by atoms with van der Waals surface area (Å²) in [4.78, 5) is -0.187. The van der Waals surface area contributed by atoms with Crippen LogP contribution in [0.3, 0.4) is 0 Å². The van der Waals surface area contributed by atoms with Crippen LogP contribution in [0.15, 0.2) is 82.6 Å². The molecule has 4 rings (SSSR count). The van der Waals surface area contributed by atoms with Gasteiger partial charge in [0.2, 0.25) is 26.8 Å². The number of rotatable bonds is 7. The van der Waals surface area contributed by atoms with Crippen LogP contribution in [0.25, 0.3) is 0 Å². The van der Waals surface area contributed by atoms with Gasteiger partial charge in [-0.3, -0.25) is 0 Å². The van der Waals surface area contributed by atoms with Gasteiger partial charge in [-0.15, -0.1) is 0 Å². The molecule has 0 saturated heterocycles. The molecule has 3 aromatic carbocycles. The molecule has 1 heterocycles. The quantitative estimate of drug-likeness (QED) is 0.579. The zero-order valence-electron chi connectivity index (χ0n) is 16.3. The van der Waals surface area contributed by atoms with Gasteiger partial charge in [0, 0.05) is 13.1 Å². The molecule has 0 aliphatic carbocycles. The van der Waals surface area contributed by atoms with E-state index in [-0.39, 0.29) is 29.7 Å². The first-order valence-corrected chi connectivity index (χ1v) is 12.3. The number of benzene rings is 3. The van der Waals surface area contributed by atoms with Gasteiger partial charge in [-0.1, -0.05) is 36.4 Å². The van der Waals surface area contributed by atoms with Crippen LogP contribution >= 0.6 is 0 Å². The first-order chi connectivity index (χ1) is 14.7. The molecule has 2 N–H and O–H groups in total. The van der Waals surface area contributed by atoms with E-state index in [1.807, 2.05) is 30.3 Å². The van der Waals surface area contributed by atoms with E-state index < -0.39 is 20.0 Å². The first kappa shape index (κ1) is 21.3. The van der Waals surface area contributed by atoms with Gasteiger partial charge in [-0.25, -0.2) is 22.0 Å². The lowest BCUT2D eigenvalue weighted by Crippen LogP contribution is -2.30. The van der Waals surface area contributed by atoms with Crippen molar-refractivity contribution in [3.63, 3.8) is 0 Å². The maximum absolute atomic E-state index is 13.4. The number of ether oxygens (including phenoxy) is 2. The van der Waals surface area contributed by atoms with Crippen molar-refractivity contribution in [1.29, 1.82) is 0 Å². The first-order valence-electron chi connectivity index (χ1n) is 9.29. The van der Waals surface area contributed by atoms with Crippen molar-refractivity contribution in [2.75, 3.05) is 6.79 Å². The molecule has 0 fully saturated rings. The zero-order valence-corrected chi connectivity index (χ0v) is 18.0. The van der Waals surface area contributed by atoms with Crippen molar-refractivity contribution < 1.29 is 26.3 Å². The third kappa shape index (κ3) is 4.72. The summed E-state index contributed by atoms with van der Waals surface area (Å²) >= 11 is 0. The molecule has 8 nitrogen and oxygen atoms in total. The second-order valence-corrected chi connectivity index (χ2v) is 10.5. The number of hydrogen-bond donors (Lipinski definition) is 1. The van der Waals surface area contributed by atoms with Crippen LogP contribution in [-0.4, -0.2) is 27.9 Å². The topological polar surface area (TPSA) is 116 Å². The van der Waals surface area contributed by atoms with Gasteiger partial charge in [0.25, 0.3) is 0 Å². The zero-order chi connectivity index (χ0) is 22.1. The molecule has 162 valence electrons. The van der Waals surface area contributed by atoms with Crippen LogP contribution < -0.4 is 14.6 Å². The van der Waals surface area contributed by atoms with E-state index in [9.17, 15) is 16.8 Å². The third-order valence-electron chi connectivity index (χ3n) is 4.79. The lowest BCUT2D eigenvalue weighted by atomic mass is 10.2. The minimum atomic E-state index is -3.95. The van der Waals surface area contributed by atoms with Crippen molar-refractivity contribution in [3.05, 3.63) is 83.9 Å². The summed E-state index contributed by atoms with van der Waals surface area (Å²) in [5.41, 5.74) is 1.54. The summed E-state index contributed by atoms with van der Waals surface area (Å²) in [6.07, 6.45) is 0. The second kappa shape index (κ2) is 8.31. The highest BCUT2D eigenvalue weighted by Gasteiger charge is 2.26. The molecule has 3 aromatic rings. The normalized spacial score (nSPS) is 13.5. The van der Waals surface area contributed by atoms with E-state index in [1.165, 1.54) is 28.6 Å². The number of sulfonamides is 2. The third-order valence-corrected chi connectivity index (χ3v) is 7.52. The molecular weight excluding hydrogens is 440 g/mol. The summed E-state index contributed by atoms with van der Waals surface area (Å²) in [5, 5.41) is 5.11. The largest absolute Gasteiger partial charge is 0.454 e. The average molecular weight is 461 g/mol. The van der Waals surface area contributed by atoms with Gasteiger partial charge in [-0.05, 0) is 47.5 Å². The molecule has 1 aliphatic rings. The average Bonchev–Trinajstić information content (AvgIpc) is 3.21. The van der Waals surface area contributed by atoms with Gasteiger partial charge >= 0.3 is 0 Å². The van der Waals surface area contributed by atoms with Crippen molar-refractivity contribution in [3.8, 4) is 11.5 Å². The Bertz CT molecular complexity index is 1290. The predicted molar refractivity (Wildman–Crippen MR) is 113 cm³/mol. The number of nitrogens with zero attached hydrogens (tertiary/aromatic N) is 1. The lowest BCUT2D eigenvalue weighted by molar-refractivity contribution is 0.174. The molecule has 1 aliphatic heterocycles. The molecule has 0 atom stereocenters. The summed E-state index contributed by atoms with van der Waals surface area (Å²) in [5.74, 6) is 1.17. The maximum Gasteiger partial charge on any atom is 0.243 e. The second-order valence-electron chi connectivity index (χ2n) is 6.96. The standard InChI is InChI=1S/C21H20N2O6S2/c22-30(24,25)18-7-9-19(10-8-18)31(26,27)23(13-16-4-2-1-3-5-16)14-17-6-11-20-21(12-17)29-15-28-20/h1-12H,13-15H2,(H2,22,24,25). The van der Waals surface area contributed by atoms with Gasteiger partial charge < -0.3 is 9.47 Å². The highest BCUT2D eigenvalue weighted by atomic mass is 32.2. The van der Waals surface area contributed by atoms with Crippen molar-refractivity contribution in [1.82, 2.24) is 4.31 Å². The molecule has 0 saturated carbocycles. The van der Waals surface area contributed by atoms with E-state index in [2.05, 4.69) is 0 Å². The van der Waals surface area contributed by atoms with Gasteiger partial charge in [-0.2, -0.15) is 4.31 Å². The van der Waals surface area contributed by atoms with Gasteiger partial charge in [0.1, 0.15) is 0 Å². The van der Waals surface area contributed by atoms with E-state index >= 15 is 0 Å². The van der Waals surface area contributed by atoms with Gasteiger partial charge in [0.15, 0.2) is 11.5 Å². The van der Waals surface area contributed by atoms with E-state index in [1.54, 1.807) is 18.2 Å². The Labute approximate surface area is 180 Å². The Hall–Kier alpha value is -2.92. The van der Waals surface area contributed by atoms with Crippen molar-refractivity contribution >= 4 is 20.0 Å². The summed E-state index contributed by atoms with van der Waals surface area (Å²) < 4.78 is 61.9. The van der Waals surface area contributed by atoms with Crippen LogP contribution in [0.1, 0.15) is 11.1 Å². The van der Waals surface area contributed by atoms with E-state index in [4.69, 9.17) is 14.6 Å². The molecule has 0 bridgehead atoms. The molecular formula is C21H20N2O6S2. The number of primary sulfonamides is 1.